The molecule has 2 aromatic rings. The highest BCUT2D eigenvalue weighted by molar-refractivity contribution is 5.75. The van der Waals surface area contributed by atoms with Crippen LogP contribution in [0.25, 0.3) is 5.52 Å². The van der Waals surface area contributed by atoms with Gasteiger partial charge in [0.2, 0.25) is 0 Å². The first-order chi connectivity index (χ1) is 7.08. The maximum atomic E-state index is 12.9. The van der Waals surface area contributed by atoms with Crippen LogP contribution in [0.15, 0.2) is 24.5 Å². The highest BCUT2D eigenvalue weighted by atomic mass is 19.1. The van der Waals surface area contributed by atoms with E-state index in [1.165, 1.54) is 12.3 Å². The molecule has 0 aromatic carbocycles. The predicted octanol–water partition coefficient (Wildman–Crippen LogP) is 2.01. The fourth-order valence-corrected chi connectivity index (χ4v) is 1.72. The van der Waals surface area contributed by atoms with E-state index in [1.807, 2.05) is 6.92 Å². The predicted molar refractivity (Wildman–Crippen MR) is 53.4 cm³/mol. The molecule has 0 spiro atoms. The normalized spacial score (nSPS) is 10.8. The van der Waals surface area contributed by atoms with Crippen LogP contribution in [0.2, 0.25) is 0 Å². The van der Waals surface area contributed by atoms with Crippen LogP contribution in [0.1, 0.15) is 11.1 Å². The van der Waals surface area contributed by atoms with Crippen LogP contribution in [0.3, 0.4) is 0 Å². The first kappa shape index (κ1) is 9.71. The molecule has 0 radical (unpaired) electrons. The van der Waals surface area contributed by atoms with Gasteiger partial charge in [-0.05, 0) is 30.2 Å². The summed E-state index contributed by atoms with van der Waals surface area (Å²) < 4.78 is 14.5. The van der Waals surface area contributed by atoms with E-state index in [0.717, 1.165) is 16.6 Å². The zero-order chi connectivity index (χ0) is 11.0. The van der Waals surface area contributed by atoms with Crippen LogP contribution < -0.4 is 0 Å². The van der Waals surface area contributed by atoms with Gasteiger partial charge < -0.3 is 9.51 Å². The lowest BCUT2D eigenvalue weighted by Gasteiger charge is -1.98. The lowest BCUT2D eigenvalue weighted by molar-refractivity contribution is -0.136. The minimum Gasteiger partial charge on any atom is -0.481 e. The Morgan fingerprint density at radius 3 is 2.87 bits per heavy atom. The molecule has 15 heavy (non-hydrogen) atoms. The van der Waals surface area contributed by atoms with E-state index < -0.39 is 5.97 Å². The maximum Gasteiger partial charge on any atom is 0.307 e. The van der Waals surface area contributed by atoms with Crippen molar-refractivity contribution in [2.45, 2.75) is 13.3 Å². The molecule has 0 fully saturated rings. The first-order valence-electron chi connectivity index (χ1n) is 4.55. The largest absolute Gasteiger partial charge is 0.481 e. The topological polar surface area (TPSA) is 41.7 Å². The van der Waals surface area contributed by atoms with Crippen molar-refractivity contribution >= 4 is 11.5 Å². The van der Waals surface area contributed by atoms with E-state index in [2.05, 4.69) is 0 Å². The van der Waals surface area contributed by atoms with Crippen molar-refractivity contribution in [3.05, 3.63) is 41.5 Å². The number of carbonyl (C=O) groups is 1. The zero-order valence-electron chi connectivity index (χ0n) is 8.20. The Bertz CT molecular complexity index is 531. The number of fused-ring (bicyclic) bond motifs is 1. The standard InChI is InChI=1S/C11H10FNO2/c1-7-5-13-6-8(12)2-3-10(13)9(7)4-11(14)15/h2-3,5-6H,4H2,1H3,(H,14,15). The van der Waals surface area contributed by atoms with Gasteiger partial charge in [-0.1, -0.05) is 0 Å². The minimum atomic E-state index is -0.879. The van der Waals surface area contributed by atoms with E-state index in [-0.39, 0.29) is 12.2 Å². The average Bonchev–Trinajstić information content (AvgIpc) is 2.41. The molecule has 0 bridgehead atoms. The van der Waals surface area contributed by atoms with Gasteiger partial charge in [-0.15, -0.1) is 0 Å². The van der Waals surface area contributed by atoms with Crippen molar-refractivity contribution in [1.82, 2.24) is 4.40 Å². The van der Waals surface area contributed by atoms with Crippen molar-refractivity contribution in [2.75, 3.05) is 0 Å². The van der Waals surface area contributed by atoms with Crippen molar-refractivity contribution in [2.24, 2.45) is 0 Å². The molecule has 0 aliphatic carbocycles. The lowest BCUT2D eigenvalue weighted by Crippen LogP contribution is -2.00. The molecule has 2 aromatic heterocycles. The second kappa shape index (κ2) is 3.38. The third-order valence-electron chi connectivity index (χ3n) is 2.39. The monoisotopic (exact) mass is 207 g/mol. The summed E-state index contributed by atoms with van der Waals surface area (Å²) in [6.07, 6.45) is 3.04. The number of aliphatic carboxylic acids is 1. The smallest absolute Gasteiger partial charge is 0.307 e. The number of aryl methyl sites for hydroxylation is 1. The van der Waals surface area contributed by atoms with Gasteiger partial charge in [0.1, 0.15) is 5.82 Å². The van der Waals surface area contributed by atoms with Crippen molar-refractivity contribution in [1.29, 1.82) is 0 Å². The molecule has 4 heteroatoms. The summed E-state index contributed by atoms with van der Waals surface area (Å²) in [5, 5.41) is 8.74. The number of nitrogens with zero attached hydrogens (tertiary/aromatic N) is 1. The second-order valence-corrected chi connectivity index (χ2v) is 3.50. The van der Waals surface area contributed by atoms with Crippen LogP contribution in [-0.4, -0.2) is 15.5 Å². The summed E-state index contributed by atoms with van der Waals surface area (Å²) in [6, 6.07) is 2.93. The Labute approximate surface area is 85.8 Å². The number of aromatic nitrogens is 1. The highest BCUT2D eigenvalue weighted by Gasteiger charge is 2.10. The first-order valence-corrected chi connectivity index (χ1v) is 4.55. The Morgan fingerprint density at radius 2 is 2.20 bits per heavy atom. The Kier molecular flexibility index (Phi) is 2.19. The van der Waals surface area contributed by atoms with Crippen molar-refractivity contribution < 1.29 is 14.3 Å². The lowest BCUT2D eigenvalue weighted by atomic mass is 10.1. The van der Waals surface area contributed by atoms with Crippen LogP contribution in [0.5, 0.6) is 0 Å². The van der Waals surface area contributed by atoms with Gasteiger partial charge in [-0.3, -0.25) is 4.79 Å². The van der Waals surface area contributed by atoms with Crippen LogP contribution in [-0.2, 0) is 11.2 Å². The summed E-state index contributed by atoms with van der Waals surface area (Å²) >= 11 is 0. The van der Waals surface area contributed by atoms with E-state index in [4.69, 9.17) is 5.11 Å². The fourth-order valence-electron chi connectivity index (χ4n) is 1.72. The number of carboxylic acids is 1. The Morgan fingerprint density at radius 1 is 1.47 bits per heavy atom. The Hall–Kier alpha value is -1.84. The van der Waals surface area contributed by atoms with Gasteiger partial charge in [0.15, 0.2) is 0 Å². The number of halogens is 1. The number of hydrogen-bond acceptors (Lipinski definition) is 1. The number of rotatable bonds is 2. The molecular formula is C11H10FNO2. The molecule has 78 valence electrons. The molecule has 1 N–H and O–H groups in total. The van der Waals surface area contributed by atoms with Gasteiger partial charge in [0.25, 0.3) is 0 Å². The molecule has 0 atom stereocenters. The summed E-state index contributed by atoms with van der Waals surface area (Å²) in [7, 11) is 0. The molecule has 3 nitrogen and oxygen atoms in total. The van der Waals surface area contributed by atoms with E-state index in [9.17, 15) is 9.18 Å². The molecule has 0 saturated carbocycles. The van der Waals surface area contributed by atoms with Crippen LogP contribution in [0.4, 0.5) is 4.39 Å². The summed E-state index contributed by atoms with van der Waals surface area (Å²) in [4.78, 5) is 10.6. The second-order valence-electron chi connectivity index (χ2n) is 3.50. The van der Waals surface area contributed by atoms with Gasteiger partial charge in [-0.2, -0.15) is 0 Å². The Balaban J connectivity index is 2.63. The van der Waals surface area contributed by atoms with Crippen molar-refractivity contribution in [3.63, 3.8) is 0 Å². The van der Waals surface area contributed by atoms with E-state index >= 15 is 0 Å². The molecule has 2 heterocycles. The average molecular weight is 207 g/mol. The zero-order valence-corrected chi connectivity index (χ0v) is 8.20. The summed E-state index contributed by atoms with van der Waals surface area (Å²) in [5.74, 6) is -1.21. The van der Waals surface area contributed by atoms with Gasteiger partial charge >= 0.3 is 5.97 Å². The summed E-state index contributed by atoms with van der Waals surface area (Å²) in [6.45, 7) is 1.82. The number of hydrogen-bond donors (Lipinski definition) is 1. The SMILES string of the molecule is Cc1cn2cc(F)ccc2c1CC(=O)O. The summed E-state index contributed by atoms with van der Waals surface area (Å²) in [5.41, 5.74) is 2.35. The molecule has 0 amide bonds. The molecule has 0 unspecified atom stereocenters. The van der Waals surface area contributed by atoms with Crippen LogP contribution >= 0.6 is 0 Å². The molecular weight excluding hydrogens is 197 g/mol. The van der Waals surface area contributed by atoms with Crippen molar-refractivity contribution in [3.8, 4) is 0 Å². The van der Waals surface area contributed by atoms with E-state index in [0.29, 0.717) is 0 Å². The molecule has 0 aliphatic rings. The quantitative estimate of drug-likeness (QED) is 0.818. The minimum absolute atomic E-state index is 0.0338. The maximum absolute atomic E-state index is 12.9. The third-order valence-corrected chi connectivity index (χ3v) is 2.39. The molecule has 0 aliphatic heterocycles. The third kappa shape index (κ3) is 1.70. The molecule has 0 saturated heterocycles. The van der Waals surface area contributed by atoms with Gasteiger partial charge in [0, 0.05) is 17.9 Å². The van der Waals surface area contributed by atoms with Gasteiger partial charge in [-0.25, -0.2) is 4.39 Å². The van der Waals surface area contributed by atoms with E-state index in [1.54, 1.807) is 16.7 Å². The number of carboxylic acid groups (broad SMARTS) is 1. The fraction of sp³-hybridized carbons (Fsp3) is 0.182. The molecule has 2 rings (SSSR count). The highest BCUT2D eigenvalue weighted by Crippen LogP contribution is 2.19. The van der Waals surface area contributed by atoms with Gasteiger partial charge in [0.05, 0.1) is 6.42 Å². The van der Waals surface area contributed by atoms with Crippen LogP contribution in [0, 0.1) is 12.7 Å². The number of pyridine rings is 1.